The van der Waals surface area contributed by atoms with Gasteiger partial charge in [0.25, 0.3) is 5.91 Å². The fourth-order valence-corrected chi connectivity index (χ4v) is 3.25. The third kappa shape index (κ3) is 2.81. The molecule has 0 saturated carbocycles. The van der Waals surface area contributed by atoms with Gasteiger partial charge < -0.3 is 25.8 Å². The average Bonchev–Trinajstić information content (AvgIpc) is 2.97. The number of hydrogen-bond donors (Lipinski definition) is 3. The topological polar surface area (TPSA) is 109 Å². The van der Waals surface area contributed by atoms with Crippen LogP contribution in [0.1, 0.15) is 23.3 Å². The lowest BCUT2D eigenvalue weighted by Crippen LogP contribution is -2.68. The Morgan fingerprint density at radius 2 is 2.26 bits per heavy atom. The summed E-state index contributed by atoms with van der Waals surface area (Å²) in [5, 5.41) is 5.61. The third-order valence-corrected chi connectivity index (χ3v) is 4.55. The number of rotatable bonds is 3. The van der Waals surface area contributed by atoms with Crippen LogP contribution in [0, 0.1) is 0 Å². The molecule has 2 aliphatic heterocycles. The zero-order chi connectivity index (χ0) is 16.6. The summed E-state index contributed by atoms with van der Waals surface area (Å²) in [5.74, 6) is -0.500. The van der Waals surface area contributed by atoms with E-state index in [4.69, 9.17) is 5.73 Å². The molecule has 8 heteroatoms. The minimum atomic E-state index is -0.631. The van der Waals surface area contributed by atoms with E-state index in [0.717, 1.165) is 0 Å². The predicted octanol–water partition coefficient (Wildman–Crippen LogP) is -1.43. The molecule has 124 valence electrons. The van der Waals surface area contributed by atoms with Gasteiger partial charge >= 0.3 is 0 Å². The van der Waals surface area contributed by atoms with Crippen LogP contribution in [0.3, 0.4) is 0 Å². The Bertz CT molecular complexity index is 641. The van der Waals surface area contributed by atoms with Crippen LogP contribution >= 0.6 is 0 Å². The molecule has 0 radical (unpaired) electrons. The molecule has 0 aliphatic carbocycles. The van der Waals surface area contributed by atoms with Crippen molar-refractivity contribution in [1.82, 2.24) is 20.1 Å². The highest BCUT2D eigenvalue weighted by Gasteiger charge is 2.43. The number of amides is 3. The van der Waals surface area contributed by atoms with E-state index >= 15 is 0 Å². The minimum Gasteiger partial charge on any atom is -0.348 e. The maximum atomic E-state index is 12.3. The molecular formula is C15H21N5O3. The molecule has 0 spiro atoms. The van der Waals surface area contributed by atoms with Crippen molar-refractivity contribution in [3.63, 3.8) is 0 Å². The van der Waals surface area contributed by atoms with E-state index in [9.17, 15) is 14.4 Å². The van der Waals surface area contributed by atoms with Gasteiger partial charge in [0, 0.05) is 32.4 Å². The Balaban J connectivity index is 1.66. The van der Waals surface area contributed by atoms with Crippen LogP contribution in [0.25, 0.3) is 0 Å². The molecule has 1 aromatic heterocycles. The number of fused-ring (bicyclic) bond motifs is 1. The number of aryl methyl sites for hydroxylation is 1. The predicted molar refractivity (Wildman–Crippen MR) is 82.4 cm³/mol. The summed E-state index contributed by atoms with van der Waals surface area (Å²) in [4.78, 5) is 38.3. The van der Waals surface area contributed by atoms with Crippen molar-refractivity contribution in [3.05, 3.63) is 24.0 Å². The number of nitrogens with one attached hydrogen (secondary N) is 2. The quantitative estimate of drug-likeness (QED) is 0.634. The van der Waals surface area contributed by atoms with E-state index in [2.05, 4.69) is 10.6 Å². The second-order valence-electron chi connectivity index (χ2n) is 6.04. The molecule has 2 fully saturated rings. The molecule has 3 heterocycles. The summed E-state index contributed by atoms with van der Waals surface area (Å²) >= 11 is 0. The highest BCUT2D eigenvalue weighted by Crippen LogP contribution is 2.22. The maximum absolute atomic E-state index is 12.3. The van der Waals surface area contributed by atoms with Crippen LogP contribution in [-0.4, -0.2) is 58.4 Å². The van der Waals surface area contributed by atoms with Crippen molar-refractivity contribution in [3.8, 4) is 0 Å². The standard InChI is InChI=1S/C15H21N5O3/c1-19-5-2-3-11(19)13(21)17-9-4-6-20-12(7-9)14(22)18-10(8-16)15(20)23/h2-3,5,9-10,12H,4,6-8,16H2,1H3,(H,17,21)(H,18,22). The summed E-state index contributed by atoms with van der Waals surface area (Å²) in [6.45, 7) is 0.549. The van der Waals surface area contributed by atoms with Crippen molar-refractivity contribution < 1.29 is 14.4 Å². The van der Waals surface area contributed by atoms with E-state index in [0.29, 0.717) is 25.1 Å². The molecule has 8 nitrogen and oxygen atoms in total. The first kappa shape index (κ1) is 15.5. The molecule has 3 unspecified atom stereocenters. The Morgan fingerprint density at radius 3 is 2.91 bits per heavy atom. The molecule has 3 amide bonds. The first-order chi connectivity index (χ1) is 11.0. The van der Waals surface area contributed by atoms with Crippen molar-refractivity contribution in [2.45, 2.75) is 31.0 Å². The number of hydrogen-bond acceptors (Lipinski definition) is 4. The lowest BCUT2D eigenvalue weighted by molar-refractivity contribution is -0.151. The molecule has 2 saturated heterocycles. The van der Waals surface area contributed by atoms with E-state index in [-0.39, 0.29) is 30.3 Å². The highest BCUT2D eigenvalue weighted by molar-refractivity contribution is 5.97. The van der Waals surface area contributed by atoms with Crippen LogP contribution in [0.15, 0.2) is 18.3 Å². The van der Waals surface area contributed by atoms with Gasteiger partial charge in [-0.25, -0.2) is 0 Å². The van der Waals surface area contributed by atoms with E-state index in [1.807, 2.05) is 0 Å². The van der Waals surface area contributed by atoms with Crippen LogP contribution in [0.2, 0.25) is 0 Å². The van der Waals surface area contributed by atoms with E-state index < -0.39 is 12.1 Å². The van der Waals surface area contributed by atoms with Crippen molar-refractivity contribution in [1.29, 1.82) is 0 Å². The van der Waals surface area contributed by atoms with Gasteiger partial charge in [0.1, 0.15) is 17.8 Å². The normalized spacial score (nSPS) is 27.4. The van der Waals surface area contributed by atoms with Crippen LogP contribution in [0.5, 0.6) is 0 Å². The van der Waals surface area contributed by atoms with Crippen LogP contribution in [0.4, 0.5) is 0 Å². The minimum absolute atomic E-state index is 0.0987. The van der Waals surface area contributed by atoms with Gasteiger partial charge in [0.15, 0.2) is 0 Å². The molecular weight excluding hydrogens is 298 g/mol. The van der Waals surface area contributed by atoms with E-state index in [1.165, 1.54) is 0 Å². The number of nitrogens with zero attached hydrogens (tertiary/aromatic N) is 2. The van der Waals surface area contributed by atoms with Crippen molar-refractivity contribution >= 4 is 17.7 Å². The SMILES string of the molecule is Cn1cccc1C(=O)NC1CCN2C(=O)C(CN)NC(=O)C2C1. The zero-order valence-corrected chi connectivity index (χ0v) is 13.0. The lowest BCUT2D eigenvalue weighted by Gasteiger charge is -2.43. The molecule has 0 aromatic carbocycles. The fraction of sp³-hybridized carbons (Fsp3) is 0.533. The molecule has 23 heavy (non-hydrogen) atoms. The maximum Gasteiger partial charge on any atom is 0.268 e. The van der Waals surface area contributed by atoms with Crippen LogP contribution < -0.4 is 16.4 Å². The van der Waals surface area contributed by atoms with Gasteiger partial charge in [-0.15, -0.1) is 0 Å². The number of carbonyl (C=O) groups is 3. The van der Waals surface area contributed by atoms with Crippen molar-refractivity contribution in [2.24, 2.45) is 12.8 Å². The Kier molecular flexibility index (Phi) is 4.08. The molecule has 1 aromatic rings. The van der Waals surface area contributed by atoms with Gasteiger partial charge in [0.05, 0.1) is 0 Å². The van der Waals surface area contributed by atoms with Gasteiger partial charge in [-0.05, 0) is 25.0 Å². The first-order valence-electron chi connectivity index (χ1n) is 7.74. The molecule has 0 bridgehead atoms. The molecule has 4 N–H and O–H groups in total. The average molecular weight is 319 g/mol. The molecule has 3 rings (SSSR count). The zero-order valence-electron chi connectivity index (χ0n) is 13.0. The summed E-state index contributed by atoms with van der Waals surface area (Å²) in [7, 11) is 1.80. The number of piperidine rings is 1. The smallest absolute Gasteiger partial charge is 0.268 e. The van der Waals surface area contributed by atoms with Crippen molar-refractivity contribution in [2.75, 3.05) is 13.1 Å². The molecule has 3 atom stereocenters. The fourth-order valence-electron chi connectivity index (χ4n) is 3.25. The Morgan fingerprint density at radius 1 is 1.48 bits per heavy atom. The van der Waals surface area contributed by atoms with Gasteiger partial charge in [-0.2, -0.15) is 0 Å². The number of carbonyl (C=O) groups excluding carboxylic acids is 3. The van der Waals surface area contributed by atoms with Gasteiger partial charge in [-0.3, -0.25) is 14.4 Å². The second-order valence-corrected chi connectivity index (χ2v) is 6.04. The van der Waals surface area contributed by atoms with Gasteiger partial charge in [0.2, 0.25) is 11.8 Å². The number of nitrogens with two attached hydrogens (primary N) is 1. The first-order valence-corrected chi connectivity index (χ1v) is 7.74. The summed E-state index contributed by atoms with van der Waals surface area (Å²) in [6.07, 6.45) is 2.85. The number of piperazine rings is 1. The number of aromatic nitrogens is 1. The summed E-state index contributed by atoms with van der Waals surface area (Å²) < 4.78 is 1.74. The second kappa shape index (κ2) is 6.04. The molecule has 2 aliphatic rings. The lowest BCUT2D eigenvalue weighted by atomic mass is 9.93. The third-order valence-electron chi connectivity index (χ3n) is 4.55. The van der Waals surface area contributed by atoms with E-state index in [1.54, 1.807) is 34.8 Å². The summed E-state index contributed by atoms with van der Waals surface area (Å²) in [6, 6.07) is 2.25. The van der Waals surface area contributed by atoms with Crippen LogP contribution in [-0.2, 0) is 16.6 Å². The highest BCUT2D eigenvalue weighted by atomic mass is 16.2. The monoisotopic (exact) mass is 319 g/mol. The summed E-state index contributed by atoms with van der Waals surface area (Å²) in [5.41, 5.74) is 6.09. The van der Waals surface area contributed by atoms with Gasteiger partial charge in [-0.1, -0.05) is 0 Å². The largest absolute Gasteiger partial charge is 0.348 e. The Hall–Kier alpha value is -2.35. The Labute approximate surface area is 134 Å².